The normalized spacial score (nSPS) is 14.5. The number of carbonyl (C=O) groups is 3. The number of benzene rings is 1. The molecule has 2 rings (SSSR count). The number of carbonyl (C=O) groups excluding carboxylic acids is 3. The number of hydrogen-bond acceptors (Lipinski definition) is 6. The molecule has 0 unspecified atom stereocenters. The molecule has 1 atom stereocenters. The Labute approximate surface area is 139 Å². The lowest BCUT2D eigenvalue weighted by molar-refractivity contribution is -0.144. The van der Waals surface area contributed by atoms with Crippen LogP contribution in [0, 0.1) is 0 Å². The smallest absolute Gasteiger partial charge is 0.303 e. The van der Waals surface area contributed by atoms with Crippen molar-refractivity contribution in [1.29, 1.82) is 0 Å². The zero-order valence-corrected chi connectivity index (χ0v) is 13.6. The number of hydrogen-bond donors (Lipinski definition) is 2. The first-order valence-electron chi connectivity index (χ1n) is 7.38. The predicted molar refractivity (Wildman–Crippen MR) is 86.1 cm³/mol. The highest BCUT2D eigenvalue weighted by atomic mass is 16.5. The van der Waals surface area contributed by atoms with Crippen molar-refractivity contribution in [2.24, 2.45) is 0 Å². The van der Waals surface area contributed by atoms with Gasteiger partial charge in [0.05, 0.1) is 11.1 Å². The molecule has 0 spiro atoms. The van der Waals surface area contributed by atoms with Crippen LogP contribution in [0.5, 0.6) is 11.5 Å². The average molecular weight is 330 g/mol. The molecule has 1 aromatic rings. The first-order chi connectivity index (χ1) is 11.2. The van der Waals surface area contributed by atoms with Gasteiger partial charge in [0.1, 0.15) is 17.6 Å². The fraction of sp³-hybridized carbons (Fsp3) is 0.278. The van der Waals surface area contributed by atoms with Crippen molar-refractivity contribution in [1.82, 2.24) is 0 Å². The molecule has 126 valence electrons. The highest BCUT2D eigenvalue weighted by Crippen LogP contribution is 2.36. The van der Waals surface area contributed by atoms with Crippen molar-refractivity contribution in [3.05, 3.63) is 46.6 Å². The van der Waals surface area contributed by atoms with Crippen LogP contribution in [0.3, 0.4) is 0 Å². The summed E-state index contributed by atoms with van der Waals surface area (Å²) in [5, 5.41) is 19.7. The van der Waals surface area contributed by atoms with E-state index in [4.69, 9.17) is 4.74 Å². The molecule has 0 bridgehead atoms. The summed E-state index contributed by atoms with van der Waals surface area (Å²) in [6.45, 7) is 4.92. The minimum absolute atomic E-state index is 0.0268. The summed E-state index contributed by atoms with van der Waals surface area (Å²) in [4.78, 5) is 36.3. The Bertz CT molecular complexity index is 781. The van der Waals surface area contributed by atoms with E-state index in [1.54, 1.807) is 6.08 Å². The molecule has 1 aromatic carbocycles. The van der Waals surface area contributed by atoms with Crippen molar-refractivity contribution in [3.8, 4) is 11.5 Å². The molecule has 0 saturated carbocycles. The molecule has 2 N–H and O–H groups in total. The lowest BCUT2D eigenvalue weighted by Crippen LogP contribution is -2.28. The number of allylic oxidation sites excluding steroid dienone is 2. The number of ether oxygens (including phenoxy) is 1. The van der Waals surface area contributed by atoms with E-state index < -0.39 is 29.4 Å². The fourth-order valence-corrected chi connectivity index (χ4v) is 2.50. The van der Waals surface area contributed by atoms with Crippen LogP contribution in [0.2, 0.25) is 0 Å². The van der Waals surface area contributed by atoms with E-state index >= 15 is 0 Å². The molecule has 24 heavy (non-hydrogen) atoms. The maximum atomic E-state index is 12.7. The van der Waals surface area contributed by atoms with E-state index in [1.807, 2.05) is 13.8 Å². The molecular formula is C18H18O6. The minimum atomic E-state index is -0.941. The number of rotatable bonds is 4. The Morgan fingerprint density at radius 2 is 1.71 bits per heavy atom. The third-order valence-electron chi connectivity index (χ3n) is 3.58. The third kappa shape index (κ3) is 3.37. The number of phenols is 2. The summed E-state index contributed by atoms with van der Waals surface area (Å²) >= 11 is 0. The molecule has 0 radical (unpaired) electrons. The Kier molecular flexibility index (Phi) is 4.87. The Morgan fingerprint density at radius 3 is 2.25 bits per heavy atom. The van der Waals surface area contributed by atoms with Gasteiger partial charge in [0.2, 0.25) is 0 Å². The van der Waals surface area contributed by atoms with Gasteiger partial charge in [0.25, 0.3) is 0 Å². The van der Waals surface area contributed by atoms with Crippen LogP contribution in [0.4, 0.5) is 0 Å². The predicted octanol–water partition coefficient (Wildman–Crippen LogP) is 2.69. The number of esters is 1. The minimum Gasteiger partial charge on any atom is -0.507 e. The SMILES string of the molecule is CC(=O)O[C@@H](CC=C(C)C)C1=CC(=O)c2c(O)ccc(O)c2C1=O. The molecule has 0 heterocycles. The van der Waals surface area contributed by atoms with E-state index in [1.165, 1.54) is 6.92 Å². The molecule has 6 heteroatoms. The van der Waals surface area contributed by atoms with Gasteiger partial charge in [0, 0.05) is 18.9 Å². The van der Waals surface area contributed by atoms with Gasteiger partial charge >= 0.3 is 5.97 Å². The molecular weight excluding hydrogens is 312 g/mol. The van der Waals surface area contributed by atoms with Crippen molar-refractivity contribution >= 4 is 17.5 Å². The highest BCUT2D eigenvalue weighted by molar-refractivity contribution is 6.27. The monoisotopic (exact) mass is 330 g/mol. The summed E-state index contributed by atoms with van der Waals surface area (Å²) < 4.78 is 5.18. The molecule has 0 amide bonds. The van der Waals surface area contributed by atoms with E-state index in [9.17, 15) is 24.6 Å². The molecule has 1 aliphatic carbocycles. The Balaban J connectivity index is 2.51. The topological polar surface area (TPSA) is 101 Å². The van der Waals surface area contributed by atoms with Gasteiger partial charge in [-0.15, -0.1) is 0 Å². The quantitative estimate of drug-likeness (QED) is 0.500. The van der Waals surface area contributed by atoms with Crippen molar-refractivity contribution < 1.29 is 29.3 Å². The lowest BCUT2D eigenvalue weighted by atomic mass is 9.85. The number of ketones is 2. The molecule has 0 aromatic heterocycles. The summed E-state index contributed by atoms with van der Waals surface area (Å²) in [6.07, 6.45) is 2.12. The summed E-state index contributed by atoms with van der Waals surface area (Å²) in [6, 6.07) is 2.28. The van der Waals surface area contributed by atoms with Crippen molar-refractivity contribution in [2.75, 3.05) is 0 Å². The van der Waals surface area contributed by atoms with Crippen LogP contribution in [0.1, 0.15) is 47.9 Å². The molecule has 0 saturated heterocycles. The average Bonchev–Trinajstić information content (AvgIpc) is 2.49. The van der Waals surface area contributed by atoms with E-state index in [2.05, 4.69) is 0 Å². The molecule has 1 aliphatic rings. The van der Waals surface area contributed by atoms with E-state index in [-0.39, 0.29) is 28.9 Å². The van der Waals surface area contributed by atoms with E-state index in [0.29, 0.717) is 0 Å². The van der Waals surface area contributed by atoms with Crippen LogP contribution in [0.15, 0.2) is 35.4 Å². The molecule has 0 aliphatic heterocycles. The second-order valence-electron chi connectivity index (χ2n) is 5.76. The standard InChI is InChI=1S/C18H18O6/c1-9(2)4-7-15(24-10(3)19)11-8-14(22)16-12(20)5-6-13(21)17(16)18(11)23/h4-6,8,15,20-21H,7H2,1-3H3/t15-/m0/s1. The Morgan fingerprint density at radius 1 is 1.12 bits per heavy atom. The maximum absolute atomic E-state index is 12.7. The number of aromatic hydroxyl groups is 2. The summed E-state index contributed by atoms with van der Waals surface area (Å²) in [7, 11) is 0. The fourth-order valence-electron chi connectivity index (χ4n) is 2.50. The first-order valence-corrected chi connectivity index (χ1v) is 7.38. The van der Waals surface area contributed by atoms with Gasteiger partial charge < -0.3 is 14.9 Å². The van der Waals surface area contributed by atoms with Gasteiger partial charge in [-0.3, -0.25) is 14.4 Å². The second kappa shape index (κ2) is 6.70. The van der Waals surface area contributed by atoms with Gasteiger partial charge in [-0.25, -0.2) is 0 Å². The lowest BCUT2D eigenvalue weighted by Gasteiger charge is -2.23. The van der Waals surface area contributed by atoms with Gasteiger partial charge in [0.15, 0.2) is 11.6 Å². The number of Topliss-reactive ketones (excluding diaryl/α,β-unsaturated/α-hetero) is 1. The summed E-state index contributed by atoms with van der Waals surface area (Å²) in [5.41, 5.74) is 0.420. The van der Waals surface area contributed by atoms with Crippen LogP contribution in [0.25, 0.3) is 0 Å². The van der Waals surface area contributed by atoms with Gasteiger partial charge in [-0.05, 0) is 32.1 Å². The van der Waals surface area contributed by atoms with Crippen molar-refractivity contribution in [3.63, 3.8) is 0 Å². The van der Waals surface area contributed by atoms with E-state index in [0.717, 1.165) is 23.8 Å². The number of fused-ring (bicyclic) bond motifs is 1. The first kappa shape index (κ1) is 17.5. The van der Waals surface area contributed by atoms with Crippen LogP contribution in [-0.4, -0.2) is 33.9 Å². The zero-order valence-electron chi connectivity index (χ0n) is 13.6. The number of phenolic OH excluding ortho intramolecular Hbond substituents is 2. The molecule has 0 fully saturated rings. The third-order valence-corrected chi connectivity index (χ3v) is 3.58. The van der Waals surface area contributed by atoms with Crippen LogP contribution in [-0.2, 0) is 9.53 Å². The Hall–Kier alpha value is -2.89. The van der Waals surface area contributed by atoms with Crippen LogP contribution >= 0.6 is 0 Å². The largest absolute Gasteiger partial charge is 0.507 e. The van der Waals surface area contributed by atoms with Gasteiger partial charge in [-0.2, -0.15) is 0 Å². The zero-order chi connectivity index (χ0) is 18.0. The van der Waals surface area contributed by atoms with Crippen LogP contribution < -0.4 is 0 Å². The summed E-state index contributed by atoms with van der Waals surface area (Å²) in [5.74, 6) is -2.65. The van der Waals surface area contributed by atoms with Crippen molar-refractivity contribution in [2.45, 2.75) is 33.3 Å². The van der Waals surface area contributed by atoms with Gasteiger partial charge in [-0.1, -0.05) is 11.6 Å². The highest BCUT2D eigenvalue weighted by Gasteiger charge is 2.35. The maximum Gasteiger partial charge on any atom is 0.303 e. The molecule has 6 nitrogen and oxygen atoms in total. The second-order valence-corrected chi connectivity index (χ2v) is 5.76.